The van der Waals surface area contributed by atoms with Crippen LogP contribution in [-0.2, 0) is 0 Å². The molecule has 0 unspecified atom stereocenters. The van der Waals surface area contributed by atoms with Gasteiger partial charge in [0, 0.05) is 17.6 Å². The van der Waals surface area contributed by atoms with Crippen LogP contribution in [0, 0.1) is 6.92 Å². The van der Waals surface area contributed by atoms with Crippen LogP contribution in [0.1, 0.15) is 39.3 Å². The van der Waals surface area contributed by atoms with Crippen molar-refractivity contribution < 1.29 is 0 Å². The van der Waals surface area contributed by atoms with E-state index in [2.05, 4.69) is 0 Å². The second-order valence-electron chi connectivity index (χ2n) is 4.21. The third-order valence-electron chi connectivity index (χ3n) is 2.64. The number of benzene rings is 1. The highest BCUT2D eigenvalue weighted by Crippen LogP contribution is 2.13. The Balaban J connectivity index is 0.000000686. The van der Waals surface area contributed by atoms with Crippen molar-refractivity contribution in [3.63, 3.8) is 0 Å². The fourth-order valence-electron chi connectivity index (χ4n) is 1.77. The molecule has 2 heteroatoms. The van der Waals surface area contributed by atoms with Crippen LogP contribution < -0.4 is 5.56 Å². The van der Waals surface area contributed by atoms with E-state index in [0.717, 1.165) is 16.3 Å². The summed E-state index contributed by atoms with van der Waals surface area (Å²) in [6.07, 6.45) is 1.87. The number of rotatable bonds is 1. The minimum Gasteiger partial charge on any atom is -0.312 e. The van der Waals surface area contributed by atoms with Gasteiger partial charge in [0.25, 0.3) is 5.56 Å². The van der Waals surface area contributed by atoms with E-state index in [0.29, 0.717) is 0 Å². The van der Waals surface area contributed by atoms with E-state index >= 15 is 0 Å². The first-order valence-corrected chi connectivity index (χ1v) is 6.21. The lowest BCUT2D eigenvalue weighted by molar-refractivity contribution is 0.582. The Morgan fingerprint density at radius 1 is 1.12 bits per heavy atom. The van der Waals surface area contributed by atoms with Gasteiger partial charge < -0.3 is 4.57 Å². The average molecular weight is 231 g/mol. The molecule has 1 aromatic carbocycles. The van der Waals surface area contributed by atoms with Gasteiger partial charge in [-0.05, 0) is 38.3 Å². The van der Waals surface area contributed by atoms with Crippen LogP contribution in [0.2, 0.25) is 0 Å². The SMILES string of the molecule is CC.Cc1ccc2ccn(C(C)C)c(=O)c2c1. The van der Waals surface area contributed by atoms with Gasteiger partial charge in [0.05, 0.1) is 0 Å². The average Bonchev–Trinajstić information content (AvgIpc) is 2.32. The Labute approximate surface area is 103 Å². The number of nitrogens with zero attached hydrogens (tertiary/aromatic N) is 1. The van der Waals surface area contributed by atoms with E-state index < -0.39 is 0 Å². The summed E-state index contributed by atoms with van der Waals surface area (Å²) in [5.74, 6) is 0. The van der Waals surface area contributed by atoms with Gasteiger partial charge in [-0.1, -0.05) is 31.5 Å². The summed E-state index contributed by atoms with van der Waals surface area (Å²) in [5.41, 5.74) is 1.23. The molecular weight excluding hydrogens is 210 g/mol. The molecule has 2 nitrogen and oxygen atoms in total. The highest BCUT2D eigenvalue weighted by Gasteiger charge is 2.04. The van der Waals surface area contributed by atoms with Gasteiger partial charge >= 0.3 is 0 Å². The van der Waals surface area contributed by atoms with E-state index in [1.54, 1.807) is 4.57 Å². The lowest BCUT2D eigenvalue weighted by atomic mass is 10.1. The summed E-state index contributed by atoms with van der Waals surface area (Å²) in [6, 6.07) is 8.19. The summed E-state index contributed by atoms with van der Waals surface area (Å²) in [7, 11) is 0. The third-order valence-corrected chi connectivity index (χ3v) is 2.64. The molecule has 17 heavy (non-hydrogen) atoms. The van der Waals surface area contributed by atoms with Gasteiger partial charge in [-0.15, -0.1) is 0 Å². The van der Waals surface area contributed by atoms with Crippen molar-refractivity contribution in [2.75, 3.05) is 0 Å². The molecule has 1 aromatic heterocycles. The molecule has 0 saturated heterocycles. The summed E-state index contributed by atoms with van der Waals surface area (Å²) < 4.78 is 1.77. The van der Waals surface area contributed by atoms with Gasteiger partial charge in [0.1, 0.15) is 0 Å². The fourth-order valence-corrected chi connectivity index (χ4v) is 1.77. The van der Waals surface area contributed by atoms with Crippen LogP contribution in [0.3, 0.4) is 0 Å². The molecule has 0 spiro atoms. The zero-order valence-corrected chi connectivity index (χ0v) is 11.3. The van der Waals surface area contributed by atoms with Gasteiger partial charge in [0.2, 0.25) is 0 Å². The molecule has 1 heterocycles. The van der Waals surface area contributed by atoms with Crippen LogP contribution in [0.4, 0.5) is 0 Å². The van der Waals surface area contributed by atoms with E-state index in [1.165, 1.54) is 0 Å². The van der Waals surface area contributed by atoms with E-state index in [4.69, 9.17) is 0 Å². The van der Waals surface area contributed by atoms with Crippen molar-refractivity contribution >= 4 is 10.8 Å². The van der Waals surface area contributed by atoms with Crippen LogP contribution in [-0.4, -0.2) is 4.57 Å². The number of hydrogen-bond acceptors (Lipinski definition) is 1. The van der Waals surface area contributed by atoms with E-state index in [1.807, 2.05) is 65.1 Å². The molecule has 0 amide bonds. The van der Waals surface area contributed by atoms with E-state index in [9.17, 15) is 4.79 Å². The van der Waals surface area contributed by atoms with Gasteiger partial charge in [-0.3, -0.25) is 4.79 Å². The molecule has 0 aliphatic rings. The van der Waals surface area contributed by atoms with Gasteiger partial charge in [0.15, 0.2) is 0 Å². The molecule has 0 bridgehead atoms. The topological polar surface area (TPSA) is 22.0 Å². The fraction of sp³-hybridized carbons (Fsp3) is 0.400. The first kappa shape index (κ1) is 13.5. The number of pyridine rings is 1. The molecule has 0 N–H and O–H groups in total. The van der Waals surface area contributed by atoms with Crippen molar-refractivity contribution in [1.82, 2.24) is 4.57 Å². The summed E-state index contributed by atoms with van der Waals surface area (Å²) in [4.78, 5) is 12.1. The molecule has 92 valence electrons. The maximum absolute atomic E-state index is 12.1. The molecular formula is C15H21NO. The Bertz CT molecular complexity index is 552. The minimum absolute atomic E-state index is 0.103. The molecule has 0 aliphatic heterocycles. The molecule has 0 atom stereocenters. The Kier molecular flexibility index (Phi) is 4.50. The number of aromatic nitrogens is 1. The maximum atomic E-state index is 12.1. The smallest absolute Gasteiger partial charge is 0.258 e. The molecule has 0 saturated carbocycles. The van der Waals surface area contributed by atoms with Crippen molar-refractivity contribution in [3.05, 3.63) is 46.4 Å². The van der Waals surface area contributed by atoms with Gasteiger partial charge in [-0.25, -0.2) is 0 Å². The predicted molar refractivity (Wildman–Crippen MR) is 74.7 cm³/mol. The molecule has 0 radical (unpaired) electrons. The van der Waals surface area contributed by atoms with Gasteiger partial charge in [-0.2, -0.15) is 0 Å². The Morgan fingerprint density at radius 3 is 2.35 bits per heavy atom. The summed E-state index contributed by atoms with van der Waals surface area (Å²) in [6.45, 7) is 10.0. The lowest BCUT2D eigenvalue weighted by Crippen LogP contribution is -2.21. The number of hydrogen-bond donors (Lipinski definition) is 0. The van der Waals surface area contributed by atoms with Crippen molar-refractivity contribution in [2.24, 2.45) is 0 Å². The zero-order chi connectivity index (χ0) is 13.0. The minimum atomic E-state index is 0.103. The predicted octanol–water partition coefficient (Wildman–Crippen LogP) is 3.92. The van der Waals surface area contributed by atoms with Crippen LogP contribution in [0.15, 0.2) is 35.3 Å². The standard InChI is InChI=1S/C13H15NO.C2H6/c1-9(2)14-7-6-11-5-4-10(3)8-12(11)13(14)15;1-2/h4-9H,1-3H3;1-2H3. The zero-order valence-electron chi connectivity index (χ0n) is 11.3. The lowest BCUT2D eigenvalue weighted by Gasteiger charge is -2.10. The molecule has 0 aliphatic carbocycles. The molecule has 2 aromatic rings. The number of fused-ring (bicyclic) bond motifs is 1. The number of aryl methyl sites for hydroxylation is 1. The molecule has 2 rings (SSSR count). The van der Waals surface area contributed by atoms with Crippen molar-refractivity contribution in [3.8, 4) is 0 Å². The second-order valence-corrected chi connectivity index (χ2v) is 4.21. The third kappa shape index (κ3) is 2.76. The van der Waals surface area contributed by atoms with Crippen molar-refractivity contribution in [1.29, 1.82) is 0 Å². The monoisotopic (exact) mass is 231 g/mol. The van der Waals surface area contributed by atoms with Crippen LogP contribution in [0.5, 0.6) is 0 Å². The first-order valence-electron chi connectivity index (χ1n) is 6.21. The first-order chi connectivity index (χ1) is 8.09. The second kappa shape index (κ2) is 5.67. The maximum Gasteiger partial charge on any atom is 0.258 e. The Morgan fingerprint density at radius 2 is 1.76 bits per heavy atom. The normalized spacial score (nSPS) is 10.2. The summed E-state index contributed by atoms with van der Waals surface area (Å²) >= 11 is 0. The highest BCUT2D eigenvalue weighted by atomic mass is 16.1. The van der Waals surface area contributed by atoms with Crippen LogP contribution >= 0.6 is 0 Å². The highest BCUT2D eigenvalue weighted by molar-refractivity contribution is 5.82. The Hall–Kier alpha value is -1.57. The van der Waals surface area contributed by atoms with Crippen LogP contribution in [0.25, 0.3) is 10.8 Å². The quantitative estimate of drug-likeness (QED) is 0.729. The molecule has 0 fully saturated rings. The van der Waals surface area contributed by atoms with E-state index in [-0.39, 0.29) is 11.6 Å². The largest absolute Gasteiger partial charge is 0.312 e. The summed E-state index contributed by atoms with van der Waals surface area (Å²) in [5, 5.41) is 1.83. The van der Waals surface area contributed by atoms with Crippen molar-refractivity contribution in [2.45, 2.75) is 40.7 Å².